The van der Waals surface area contributed by atoms with Crippen molar-refractivity contribution in [3.8, 4) is 0 Å². The van der Waals surface area contributed by atoms with Crippen LogP contribution in [0.15, 0.2) is 76.3 Å². The Balaban J connectivity index is 1.49. The third-order valence-corrected chi connectivity index (χ3v) is 6.38. The highest BCUT2D eigenvalue weighted by Crippen LogP contribution is 2.20. The molecule has 0 aliphatic carbocycles. The van der Waals surface area contributed by atoms with Gasteiger partial charge in [-0.3, -0.25) is 14.4 Å². The second-order valence-corrected chi connectivity index (χ2v) is 8.57. The van der Waals surface area contributed by atoms with E-state index < -0.39 is 10.0 Å². The van der Waals surface area contributed by atoms with Gasteiger partial charge in [0.05, 0.1) is 13.0 Å². The molecule has 0 unspecified atom stereocenters. The monoisotopic (exact) mass is 402 g/mol. The van der Waals surface area contributed by atoms with Crippen LogP contribution >= 0.6 is 11.3 Å². The molecule has 0 atom stereocenters. The molecule has 0 saturated carbocycles. The molecular weight excluding hydrogens is 384 g/mol. The van der Waals surface area contributed by atoms with Gasteiger partial charge in [-0.15, -0.1) is 11.3 Å². The first-order chi connectivity index (χ1) is 13.0. The topological polar surface area (TPSA) is 84.5 Å². The van der Waals surface area contributed by atoms with Crippen molar-refractivity contribution in [2.75, 3.05) is 4.72 Å². The van der Waals surface area contributed by atoms with E-state index in [1.165, 1.54) is 0 Å². The molecule has 0 aliphatic rings. The first-order valence-electron chi connectivity index (χ1n) is 8.13. The maximum atomic E-state index is 12.2. The standard InChI is InChI=1S/C19H18N2O4S2/c22-18(20-25-14-16-5-2-1-3-6-16)13-15-8-10-17(11-9-15)21-27(23,24)19-7-4-12-26-19/h1-12,21H,13-14H2,(H,20,22). The highest BCUT2D eigenvalue weighted by atomic mass is 32.2. The number of hydrogen-bond acceptors (Lipinski definition) is 5. The first kappa shape index (κ1) is 19.1. The van der Waals surface area contributed by atoms with Crippen LogP contribution < -0.4 is 10.2 Å². The first-order valence-corrected chi connectivity index (χ1v) is 10.5. The number of amides is 1. The van der Waals surface area contributed by atoms with Gasteiger partial charge in [0, 0.05) is 5.69 Å². The van der Waals surface area contributed by atoms with Crippen molar-refractivity contribution < 1.29 is 18.0 Å². The van der Waals surface area contributed by atoms with Gasteiger partial charge >= 0.3 is 0 Å². The third-order valence-electron chi connectivity index (χ3n) is 3.60. The van der Waals surface area contributed by atoms with Crippen LogP contribution in [0.25, 0.3) is 0 Å². The summed E-state index contributed by atoms with van der Waals surface area (Å²) in [6, 6.07) is 19.4. The largest absolute Gasteiger partial charge is 0.279 e. The quantitative estimate of drug-likeness (QED) is 0.566. The van der Waals surface area contributed by atoms with Gasteiger partial charge in [-0.25, -0.2) is 13.9 Å². The second-order valence-electron chi connectivity index (χ2n) is 5.71. The summed E-state index contributed by atoms with van der Waals surface area (Å²) in [6.07, 6.45) is 0.132. The number of carbonyl (C=O) groups excluding carboxylic acids is 1. The molecule has 0 bridgehead atoms. The fraction of sp³-hybridized carbons (Fsp3) is 0.105. The molecule has 0 spiro atoms. The number of rotatable bonds is 8. The van der Waals surface area contributed by atoms with Gasteiger partial charge in [0.1, 0.15) is 4.21 Å². The van der Waals surface area contributed by atoms with Crippen molar-refractivity contribution in [3.63, 3.8) is 0 Å². The van der Waals surface area contributed by atoms with E-state index in [0.29, 0.717) is 5.69 Å². The predicted octanol–water partition coefficient (Wildman–Crippen LogP) is 3.34. The summed E-state index contributed by atoms with van der Waals surface area (Å²) in [7, 11) is -3.58. The molecule has 2 aromatic carbocycles. The minimum Gasteiger partial charge on any atom is -0.279 e. The zero-order valence-electron chi connectivity index (χ0n) is 14.3. The Hall–Kier alpha value is -2.68. The molecule has 1 amide bonds. The molecule has 1 aromatic heterocycles. The van der Waals surface area contributed by atoms with E-state index in [2.05, 4.69) is 10.2 Å². The highest BCUT2D eigenvalue weighted by molar-refractivity contribution is 7.94. The number of benzene rings is 2. The van der Waals surface area contributed by atoms with Crippen molar-refractivity contribution in [1.29, 1.82) is 0 Å². The van der Waals surface area contributed by atoms with Crippen LogP contribution in [0.2, 0.25) is 0 Å². The SMILES string of the molecule is O=C(Cc1ccc(NS(=O)(=O)c2cccs2)cc1)NOCc1ccccc1. The van der Waals surface area contributed by atoms with Crippen molar-refractivity contribution >= 4 is 33.0 Å². The molecule has 0 radical (unpaired) electrons. The summed E-state index contributed by atoms with van der Waals surface area (Å²) in [5, 5.41) is 1.70. The summed E-state index contributed by atoms with van der Waals surface area (Å²) in [6.45, 7) is 0.288. The summed E-state index contributed by atoms with van der Waals surface area (Å²) >= 11 is 1.15. The van der Waals surface area contributed by atoms with Crippen LogP contribution in [0.3, 0.4) is 0 Å². The Labute approximate surface area is 161 Å². The maximum absolute atomic E-state index is 12.2. The lowest BCUT2D eigenvalue weighted by molar-refractivity contribution is -0.133. The Kier molecular flexibility index (Phi) is 6.23. The number of sulfonamides is 1. The number of hydrogen-bond donors (Lipinski definition) is 2. The number of carbonyl (C=O) groups is 1. The molecule has 140 valence electrons. The second kappa shape index (κ2) is 8.81. The average Bonchev–Trinajstić information content (AvgIpc) is 3.20. The molecule has 3 rings (SSSR count). The molecule has 2 N–H and O–H groups in total. The summed E-state index contributed by atoms with van der Waals surface area (Å²) in [4.78, 5) is 17.1. The van der Waals surface area contributed by atoms with Crippen LogP contribution in [0.4, 0.5) is 5.69 Å². The van der Waals surface area contributed by atoms with Crippen molar-refractivity contribution in [3.05, 3.63) is 83.2 Å². The van der Waals surface area contributed by atoms with Crippen LogP contribution in [0.1, 0.15) is 11.1 Å². The molecule has 8 heteroatoms. The van der Waals surface area contributed by atoms with E-state index in [1.807, 2.05) is 30.3 Å². The Morgan fingerprint density at radius 2 is 1.67 bits per heavy atom. The van der Waals surface area contributed by atoms with Gasteiger partial charge in [-0.05, 0) is 34.7 Å². The smallest absolute Gasteiger partial charge is 0.271 e. The number of hydroxylamine groups is 1. The van der Waals surface area contributed by atoms with Crippen LogP contribution in [-0.4, -0.2) is 14.3 Å². The van der Waals surface area contributed by atoms with Gasteiger partial charge in [-0.1, -0.05) is 48.5 Å². The zero-order chi connectivity index (χ0) is 19.1. The van der Waals surface area contributed by atoms with Gasteiger partial charge < -0.3 is 0 Å². The fourth-order valence-electron chi connectivity index (χ4n) is 2.31. The van der Waals surface area contributed by atoms with E-state index in [4.69, 9.17) is 4.84 Å². The Morgan fingerprint density at radius 1 is 0.926 bits per heavy atom. The maximum Gasteiger partial charge on any atom is 0.271 e. The van der Waals surface area contributed by atoms with Gasteiger partial charge in [0.2, 0.25) is 5.91 Å². The summed E-state index contributed by atoms with van der Waals surface area (Å²) in [5.41, 5.74) is 4.54. The minimum atomic E-state index is -3.58. The zero-order valence-corrected chi connectivity index (χ0v) is 15.9. The highest BCUT2D eigenvalue weighted by Gasteiger charge is 2.15. The molecule has 0 fully saturated rings. The number of thiophene rings is 1. The van der Waals surface area contributed by atoms with E-state index in [1.54, 1.807) is 41.8 Å². The summed E-state index contributed by atoms with van der Waals surface area (Å²) < 4.78 is 27.1. The third kappa shape index (κ3) is 5.65. The normalized spacial score (nSPS) is 11.1. The van der Waals surface area contributed by atoms with Gasteiger partial charge in [-0.2, -0.15) is 0 Å². The molecule has 3 aromatic rings. The number of nitrogens with one attached hydrogen (secondary N) is 2. The Morgan fingerprint density at radius 3 is 2.33 bits per heavy atom. The molecule has 6 nitrogen and oxygen atoms in total. The van der Waals surface area contributed by atoms with Gasteiger partial charge in [0.15, 0.2) is 0 Å². The van der Waals surface area contributed by atoms with E-state index in [-0.39, 0.29) is 23.1 Å². The van der Waals surface area contributed by atoms with Crippen LogP contribution in [-0.2, 0) is 32.7 Å². The molecule has 1 heterocycles. The Bertz CT molecular complexity index is 970. The molecular formula is C19H18N2O4S2. The minimum absolute atomic E-state index is 0.132. The van der Waals surface area contributed by atoms with Gasteiger partial charge in [0.25, 0.3) is 10.0 Å². The van der Waals surface area contributed by atoms with E-state index in [9.17, 15) is 13.2 Å². The summed E-state index contributed by atoms with van der Waals surface area (Å²) in [5.74, 6) is -0.280. The van der Waals surface area contributed by atoms with Crippen molar-refractivity contribution in [1.82, 2.24) is 5.48 Å². The lowest BCUT2D eigenvalue weighted by Gasteiger charge is -2.08. The lowest BCUT2D eigenvalue weighted by Crippen LogP contribution is -2.25. The van der Waals surface area contributed by atoms with Crippen LogP contribution in [0.5, 0.6) is 0 Å². The lowest BCUT2D eigenvalue weighted by atomic mass is 10.1. The van der Waals surface area contributed by atoms with Crippen molar-refractivity contribution in [2.45, 2.75) is 17.2 Å². The van der Waals surface area contributed by atoms with Crippen molar-refractivity contribution in [2.24, 2.45) is 0 Å². The number of anilines is 1. The average molecular weight is 402 g/mol. The molecule has 0 saturated heterocycles. The molecule has 27 heavy (non-hydrogen) atoms. The predicted molar refractivity (Wildman–Crippen MR) is 105 cm³/mol. The van der Waals surface area contributed by atoms with E-state index in [0.717, 1.165) is 22.5 Å². The van der Waals surface area contributed by atoms with E-state index >= 15 is 0 Å². The van der Waals surface area contributed by atoms with Crippen LogP contribution in [0, 0.1) is 0 Å². The molecule has 0 aliphatic heterocycles. The fourth-order valence-corrected chi connectivity index (χ4v) is 4.36.